The van der Waals surface area contributed by atoms with Crippen molar-refractivity contribution < 1.29 is 27.8 Å². The fraction of sp³-hybridized carbons (Fsp3) is 0.438. The molecule has 8 heteroatoms. The molecule has 0 radical (unpaired) electrons. The Bertz CT molecular complexity index is 733. The molecular formula is C16H20NO6S-. The van der Waals surface area contributed by atoms with E-state index in [-0.39, 0.29) is 35.9 Å². The lowest BCUT2D eigenvalue weighted by molar-refractivity contribution is -0.297. The van der Waals surface area contributed by atoms with Crippen molar-refractivity contribution in [3.63, 3.8) is 0 Å². The van der Waals surface area contributed by atoms with Crippen molar-refractivity contribution in [2.75, 3.05) is 20.2 Å². The number of aliphatic carboxylic acids is 1. The number of ether oxygens (including phenoxy) is 2. The summed E-state index contributed by atoms with van der Waals surface area (Å²) in [4.78, 5) is 10.5. The first kappa shape index (κ1) is 18.4. The fourth-order valence-corrected chi connectivity index (χ4v) is 4.41. The standard InChI is InChI=1S/C16H21NO6S/c1-11-9-17(10-12(2)23-11)24(20,21)15-8-13(5-7-16(18)19)4-6-14(15)22-3/h4-8,11-12H,9-10H2,1-3H3,(H,18,19)/p-1/b7-5+/t11-,12-/m1/s1. The third kappa shape index (κ3) is 4.14. The summed E-state index contributed by atoms with van der Waals surface area (Å²) in [5.74, 6) is -1.15. The van der Waals surface area contributed by atoms with E-state index in [2.05, 4.69) is 0 Å². The van der Waals surface area contributed by atoms with Crippen LogP contribution in [0.5, 0.6) is 5.75 Å². The first-order valence-corrected chi connectivity index (χ1v) is 8.90. The molecule has 1 aromatic carbocycles. The molecule has 132 valence electrons. The van der Waals surface area contributed by atoms with Crippen LogP contribution in [-0.2, 0) is 19.6 Å². The number of carbonyl (C=O) groups excluding carboxylic acids is 1. The highest BCUT2D eigenvalue weighted by Gasteiger charge is 2.34. The molecule has 2 atom stereocenters. The van der Waals surface area contributed by atoms with Gasteiger partial charge in [-0.15, -0.1) is 0 Å². The zero-order valence-electron chi connectivity index (χ0n) is 13.8. The van der Waals surface area contributed by atoms with E-state index in [1.165, 1.54) is 29.6 Å². The third-order valence-corrected chi connectivity index (χ3v) is 5.46. The second-order valence-electron chi connectivity index (χ2n) is 5.64. The highest BCUT2D eigenvalue weighted by atomic mass is 32.2. The lowest BCUT2D eigenvalue weighted by atomic mass is 10.2. The molecule has 0 aromatic heterocycles. The number of sulfonamides is 1. The SMILES string of the molecule is COc1ccc(/C=C/C(=O)[O-])cc1S(=O)(=O)N1C[C@@H](C)O[C@H](C)C1. The Hall–Kier alpha value is -1.90. The normalized spacial score (nSPS) is 22.6. The summed E-state index contributed by atoms with van der Waals surface area (Å²) in [6, 6.07) is 4.45. The van der Waals surface area contributed by atoms with Crippen LogP contribution in [0.1, 0.15) is 19.4 Å². The molecule has 0 amide bonds. The molecule has 0 bridgehead atoms. The molecule has 0 unspecified atom stereocenters. The highest BCUT2D eigenvalue weighted by Crippen LogP contribution is 2.30. The van der Waals surface area contributed by atoms with Gasteiger partial charge in [0.1, 0.15) is 10.6 Å². The fourth-order valence-electron chi connectivity index (χ4n) is 2.63. The van der Waals surface area contributed by atoms with Crippen LogP contribution < -0.4 is 9.84 Å². The van der Waals surface area contributed by atoms with E-state index in [0.717, 1.165) is 6.08 Å². The van der Waals surface area contributed by atoms with Crippen LogP contribution in [-0.4, -0.2) is 51.1 Å². The van der Waals surface area contributed by atoms with Gasteiger partial charge in [-0.2, -0.15) is 4.31 Å². The first-order chi connectivity index (χ1) is 11.2. The molecule has 0 saturated carbocycles. The number of carbonyl (C=O) groups is 1. The molecule has 1 aliphatic heterocycles. The topological polar surface area (TPSA) is 96.0 Å². The first-order valence-electron chi connectivity index (χ1n) is 7.46. The summed E-state index contributed by atoms with van der Waals surface area (Å²) >= 11 is 0. The van der Waals surface area contributed by atoms with Gasteiger partial charge >= 0.3 is 0 Å². The number of methoxy groups -OCH3 is 1. The zero-order chi connectivity index (χ0) is 17.9. The van der Waals surface area contributed by atoms with Gasteiger partial charge in [-0.25, -0.2) is 8.42 Å². The third-order valence-electron chi connectivity index (χ3n) is 3.60. The van der Waals surface area contributed by atoms with E-state index in [0.29, 0.717) is 5.56 Å². The number of rotatable bonds is 5. The van der Waals surface area contributed by atoms with Crippen molar-refractivity contribution in [2.24, 2.45) is 0 Å². The number of hydrogen-bond donors (Lipinski definition) is 0. The van der Waals surface area contributed by atoms with Crippen LogP contribution in [0.4, 0.5) is 0 Å². The quantitative estimate of drug-likeness (QED) is 0.704. The molecule has 1 heterocycles. The monoisotopic (exact) mass is 354 g/mol. The van der Waals surface area contributed by atoms with Crippen LogP contribution in [0.15, 0.2) is 29.2 Å². The van der Waals surface area contributed by atoms with Crippen molar-refractivity contribution >= 4 is 22.1 Å². The van der Waals surface area contributed by atoms with Crippen molar-refractivity contribution in [1.29, 1.82) is 0 Å². The van der Waals surface area contributed by atoms with E-state index in [1.807, 2.05) is 13.8 Å². The van der Waals surface area contributed by atoms with Gasteiger partial charge in [0.2, 0.25) is 10.0 Å². The van der Waals surface area contributed by atoms with Crippen molar-refractivity contribution in [3.8, 4) is 5.75 Å². The van der Waals surface area contributed by atoms with Gasteiger partial charge in [-0.05, 0) is 37.6 Å². The Labute approximate surface area is 141 Å². The minimum atomic E-state index is -3.80. The lowest BCUT2D eigenvalue weighted by Gasteiger charge is -2.34. The van der Waals surface area contributed by atoms with Gasteiger partial charge in [-0.1, -0.05) is 12.1 Å². The second-order valence-corrected chi connectivity index (χ2v) is 7.55. The zero-order valence-corrected chi connectivity index (χ0v) is 14.6. The van der Waals surface area contributed by atoms with Crippen LogP contribution in [0.25, 0.3) is 6.08 Å². The Morgan fingerprint density at radius 3 is 2.50 bits per heavy atom. The summed E-state index contributed by atoms with van der Waals surface area (Å²) in [5, 5.41) is 10.5. The van der Waals surface area contributed by atoms with Crippen molar-refractivity contribution in [2.45, 2.75) is 31.0 Å². The number of nitrogens with zero attached hydrogens (tertiary/aromatic N) is 1. The number of carboxylic acids is 1. The van der Waals surface area contributed by atoms with Gasteiger partial charge in [0.15, 0.2) is 0 Å². The number of carboxylic acid groups (broad SMARTS) is 1. The Kier molecular flexibility index (Phi) is 5.63. The summed E-state index contributed by atoms with van der Waals surface area (Å²) in [6.07, 6.45) is 1.70. The number of benzene rings is 1. The molecule has 0 spiro atoms. The maximum absolute atomic E-state index is 13.0. The van der Waals surface area contributed by atoms with E-state index in [4.69, 9.17) is 9.47 Å². The molecular weight excluding hydrogens is 334 g/mol. The van der Waals surface area contributed by atoms with Gasteiger partial charge in [0.05, 0.1) is 25.3 Å². The summed E-state index contributed by atoms with van der Waals surface area (Å²) in [6.45, 7) is 4.12. The van der Waals surface area contributed by atoms with E-state index >= 15 is 0 Å². The largest absolute Gasteiger partial charge is 0.545 e. The van der Waals surface area contributed by atoms with Crippen LogP contribution >= 0.6 is 0 Å². The van der Waals surface area contributed by atoms with Gasteiger partial charge < -0.3 is 19.4 Å². The Morgan fingerprint density at radius 2 is 1.96 bits per heavy atom. The second kappa shape index (κ2) is 7.33. The van der Waals surface area contributed by atoms with Crippen molar-refractivity contribution in [1.82, 2.24) is 4.31 Å². The minimum absolute atomic E-state index is 0.00759. The Balaban J connectivity index is 2.44. The average molecular weight is 354 g/mol. The van der Waals surface area contributed by atoms with Crippen molar-refractivity contribution in [3.05, 3.63) is 29.8 Å². The molecule has 2 rings (SSSR count). The minimum Gasteiger partial charge on any atom is -0.545 e. The van der Waals surface area contributed by atoms with Gasteiger partial charge in [0, 0.05) is 13.1 Å². The predicted octanol–water partition coefficient (Wildman–Crippen LogP) is 0.256. The number of morpholine rings is 1. The van der Waals surface area contributed by atoms with Crippen LogP contribution in [0, 0.1) is 0 Å². The van der Waals surface area contributed by atoms with Crippen LogP contribution in [0.3, 0.4) is 0 Å². The van der Waals surface area contributed by atoms with E-state index in [9.17, 15) is 18.3 Å². The summed E-state index contributed by atoms with van der Waals surface area (Å²) < 4.78 is 38.1. The Morgan fingerprint density at radius 1 is 1.33 bits per heavy atom. The van der Waals surface area contributed by atoms with E-state index in [1.54, 1.807) is 6.07 Å². The molecule has 7 nitrogen and oxygen atoms in total. The average Bonchev–Trinajstić information content (AvgIpc) is 2.51. The molecule has 0 aliphatic carbocycles. The smallest absolute Gasteiger partial charge is 0.246 e. The maximum Gasteiger partial charge on any atom is 0.246 e. The van der Waals surface area contributed by atoms with Gasteiger partial charge in [0.25, 0.3) is 0 Å². The lowest BCUT2D eigenvalue weighted by Crippen LogP contribution is -2.48. The van der Waals surface area contributed by atoms with Crippen LogP contribution in [0.2, 0.25) is 0 Å². The maximum atomic E-state index is 13.0. The summed E-state index contributed by atoms with van der Waals surface area (Å²) in [5.41, 5.74) is 0.424. The molecule has 1 saturated heterocycles. The predicted molar refractivity (Wildman–Crippen MR) is 85.8 cm³/mol. The van der Waals surface area contributed by atoms with Gasteiger partial charge in [-0.3, -0.25) is 0 Å². The molecule has 1 fully saturated rings. The molecule has 24 heavy (non-hydrogen) atoms. The highest BCUT2D eigenvalue weighted by molar-refractivity contribution is 7.89. The molecule has 0 N–H and O–H groups in total. The summed E-state index contributed by atoms with van der Waals surface area (Å²) in [7, 11) is -2.42. The number of hydrogen-bond acceptors (Lipinski definition) is 6. The molecule has 1 aliphatic rings. The van der Waals surface area contributed by atoms with E-state index < -0.39 is 16.0 Å². The molecule has 1 aromatic rings.